The van der Waals surface area contributed by atoms with Crippen LogP contribution in [0.2, 0.25) is 0 Å². The monoisotopic (exact) mass is 291 g/mol. The van der Waals surface area contributed by atoms with E-state index in [0.717, 1.165) is 15.1 Å². The number of nitrogens with two attached hydrogens (primary N) is 1. The number of fused-ring (bicyclic) bond motifs is 1. The van der Waals surface area contributed by atoms with Crippen molar-refractivity contribution in [1.82, 2.24) is 9.97 Å². The minimum Gasteiger partial charge on any atom is -0.383 e. The van der Waals surface area contributed by atoms with Crippen molar-refractivity contribution in [3.8, 4) is 0 Å². The number of thiophene rings is 1. The SMILES string of the molecule is Nc1nc(CSc2cccc(F)c2)nc2sccc12. The number of thioether (sulfide) groups is 1. The van der Waals surface area contributed by atoms with E-state index in [4.69, 9.17) is 5.73 Å². The second-order valence-electron chi connectivity index (χ2n) is 3.91. The molecule has 0 aliphatic heterocycles. The van der Waals surface area contributed by atoms with Gasteiger partial charge in [0.25, 0.3) is 0 Å². The molecule has 0 amide bonds. The summed E-state index contributed by atoms with van der Waals surface area (Å²) in [5.74, 6) is 1.50. The number of rotatable bonds is 3. The van der Waals surface area contributed by atoms with Crippen molar-refractivity contribution >= 4 is 39.1 Å². The van der Waals surface area contributed by atoms with Gasteiger partial charge in [-0.15, -0.1) is 23.1 Å². The van der Waals surface area contributed by atoms with E-state index in [1.165, 1.54) is 35.2 Å². The highest BCUT2D eigenvalue weighted by Gasteiger charge is 2.07. The largest absolute Gasteiger partial charge is 0.383 e. The molecule has 0 saturated heterocycles. The third-order valence-corrected chi connectivity index (χ3v) is 4.36. The fourth-order valence-corrected chi connectivity index (χ4v) is 3.28. The van der Waals surface area contributed by atoms with Crippen LogP contribution >= 0.6 is 23.1 Å². The maximum Gasteiger partial charge on any atom is 0.142 e. The fourth-order valence-electron chi connectivity index (χ4n) is 1.69. The first-order chi connectivity index (χ1) is 9.22. The highest BCUT2D eigenvalue weighted by molar-refractivity contribution is 7.98. The van der Waals surface area contributed by atoms with Crippen LogP contribution in [0.15, 0.2) is 40.6 Å². The minimum absolute atomic E-state index is 0.237. The smallest absolute Gasteiger partial charge is 0.142 e. The highest BCUT2D eigenvalue weighted by Crippen LogP contribution is 2.26. The molecule has 19 heavy (non-hydrogen) atoms. The van der Waals surface area contributed by atoms with Crippen LogP contribution < -0.4 is 5.73 Å². The van der Waals surface area contributed by atoms with E-state index in [-0.39, 0.29) is 5.82 Å². The number of aromatic nitrogens is 2. The standard InChI is InChI=1S/C13H10FN3S2/c14-8-2-1-3-9(6-8)19-7-11-16-12(15)10-4-5-18-13(10)17-11/h1-6H,7H2,(H2,15,16,17). The average Bonchev–Trinajstić information content (AvgIpc) is 2.85. The van der Waals surface area contributed by atoms with E-state index in [1.54, 1.807) is 6.07 Å². The molecule has 0 unspecified atom stereocenters. The van der Waals surface area contributed by atoms with Crippen LogP contribution in [0.5, 0.6) is 0 Å². The molecule has 1 aromatic carbocycles. The lowest BCUT2D eigenvalue weighted by Crippen LogP contribution is -1.98. The zero-order valence-corrected chi connectivity index (χ0v) is 11.5. The van der Waals surface area contributed by atoms with Gasteiger partial charge in [-0.05, 0) is 29.6 Å². The number of halogens is 1. The van der Waals surface area contributed by atoms with Gasteiger partial charge in [-0.2, -0.15) is 0 Å². The third-order valence-electron chi connectivity index (χ3n) is 2.56. The number of nitrogen functional groups attached to an aromatic ring is 1. The Balaban J connectivity index is 1.81. The topological polar surface area (TPSA) is 51.8 Å². The molecule has 2 N–H and O–H groups in total. The van der Waals surface area contributed by atoms with Gasteiger partial charge < -0.3 is 5.73 Å². The molecule has 3 rings (SSSR count). The molecule has 6 heteroatoms. The molecule has 0 fully saturated rings. The van der Waals surface area contributed by atoms with Gasteiger partial charge in [-0.3, -0.25) is 0 Å². The van der Waals surface area contributed by atoms with E-state index in [0.29, 0.717) is 17.4 Å². The predicted octanol–water partition coefficient (Wildman–Crippen LogP) is 3.70. The Labute approximate surface area is 117 Å². The molecule has 0 atom stereocenters. The van der Waals surface area contributed by atoms with Crippen molar-refractivity contribution in [1.29, 1.82) is 0 Å². The van der Waals surface area contributed by atoms with Crippen LogP contribution in [0.1, 0.15) is 5.82 Å². The van der Waals surface area contributed by atoms with Crippen LogP contribution in [0.4, 0.5) is 10.2 Å². The molecule has 0 bridgehead atoms. The van der Waals surface area contributed by atoms with E-state index >= 15 is 0 Å². The molecule has 0 spiro atoms. The number of hydrogen-bond donors (Lipinski definition) is 1. The molecular weight excluding hydrogens is 281 g/mol. The van der Waals surface area contributed by atoms with Crippen molar-refractivity contribution in [2.45, 2.75) is 10.6 Å². The van der Waals surface area contributed by atoms with E-state index < -0.39 is 0 Å². The predicted molar refractivity (Wildman–Crippen MR) is 77.8 cm³/mol. The van der Waals surface area contributed by atoms with E-state index in [1.807, 2.05) is 17.5 Å². The maximum absolute atomic E-state index is 13.1. The molecule has 0 saturated carbocycles. The van der Waals surface area contributed by atoms with Crippen LogP contribution in [-0.4, -0.2) is 9.97 Å². The van der Waals surface area contributed by atoms with Crippen molar-refractivity contribution in [2.24, 2.45) is 0 Å². The molecular formula is C13H10FN3S2. The summed E-state index contributed by atoms with van der Waals surface area (Å²) in [5.41, 5.74) is 5.88. The Morgan fingerprint density at radius 1 is 1.26 bits per heavy atom. The van der Waals surface area contributed by atoms with Crippen molar-refractivity contribution in [3.05, 3.63) is 47.4 Å². The quantitative estimate of drug-likeness (QED) is 0.747. The minimum atomic E-state index is -0.237. The third kappa shape index (κ3) is 2.69. The first-order valence-electron chi connectivity index (χ1n) is 5.60. The van der Waals surface area contributed by atoms with Crippen LogP contribution in [0.3, 0.4) is 0 Å². The molecule has 0 radical (unpaired) electrons. The zero-order chi connectivity index (χ0) is 13.2. The van der Waals surface area contributed by atoms with Crippen molar-refractivity contribution in [3.63, 3.8) is 0 Å². The molecule has 2 aromatic heterocycles. The summed E-state index contributed by atoms with van der Waals surface area (Å²) in [4.78, 5) is 10.5. The van der Waals surface area contributed by atoms with Crippen LogP contribution in [0, 0.1) is 5.82 Å². The first-order valence-corrected chi connectivity index (χ1v) is 7.47. The summed E-state index contributed by atoms with van der Waals surface area (Å²) < 4.78 is 13.1. The van der Waals surface area contributed by atoms with Gasteiger partial charge >= 0.3 is 0 Å². The Morgan fingerprint density at radius 2 is 2.16 bits per heavy atom. The molecule has 0 aliphatic rings. The second kappa shape index (κ2) is 5.14. The van der Waals surface area contributed by atoms with E-state index in [9.17, 15) is 4.39 Å². The lowest BCUT2D eigenvalue weighted by Gasteiger charge is -2.03. The summed E-state index contributed by atoms with van der Waals surface area (Å²) in [6, 6.07) is 8.39. The normalized spacial score (nSPS) is 11.0. The van der Waals surface area contributed by atoms with Crippen LogP contribution in [-0.2, 0) is 5.75 Å². The maximum atomic E-state index is 13.1. The number of hydrogen-bond acceptors (Lipinski definition) is 5. The van der Waals surface area contributed by atoms with Gasteiger partial charge in [0.05, 0.1) is 11.1 Å². The molecule has 2 heterocycles. The summed E-state index contributed by atoms with van der Waals surface area (Å²) in [6.07, 6.45) is 0. The number of anilines is 1. The summed E-state index contributed by atoms with van der Waals surface area (Å²) in [6.45, 7) is 0. The van der Waals surface area contributed by atoms with E-state index in [2.05, 4.69) is 9.97 Å². The van der Waals surface area contributed by atoms with Gasteiger partial charge in [-0.1, -0.05) is 6.07 Å². The lowest BCUT2D eigenvalue weighted by molar-refractivity contribution is 0.624. The van der Waals surface area contributed by atoms with Gasteiger partial charge in [0, 0.05) is 4.90 Å². The Bertz CT molecular complexity index is 727. The summed E-state index contributed by atoms with van der Waals surface area (Å²) in [5, 5.41) is 2.84. The van der Waals surface area contributed by atoms with Gasteiger partial charge in [0.15, 0.2) is 0 Å². The number of benzene rings is 1. The van der Waals surface area contributed by atoms with Crippen molar-refractivity contribution in [2.75, 3.05) is 5.73 Å². The summed E-state index contributed by atoms with van der Waals surface area (Å²) in [7, 11) is 0. The fraction of sp³-hybridized carbons (Fsp3) is 0.0769. The first kappa shape index (κ1) is 12.4. The molecule has 3 aromatic rings. The molecule has 0 aliphatic carbocycles. The zero-order valence-electron chi connectivity index (χ0n) is 9.84. The Kier molecular flexibility index (Phi) is 3.35. The lowest BCUT2D eigenvalue weighted by atomic mass is 10.4. The van der Waals surface area contributed by atoms with Gasteiger partial charge in [0.1, 0.15) is 22.3 Å². The Morgan fingerprint density at radius 3 is 3.00 bits per heavy atom. The summed E-state index contributed by atoms with van der Waals surface area (Å²) >= 11 is 3.03. The second-order valence-corrected chi connectivity index (χ2v) is 5.85. The number of nitrogens with zero attached hydrogens (tertiary/aromatic N) is 2. The molecule has 96 valence electrons. The van der Waals surface area contributed by atoms with Crippen molar-refractivity contribution < 1.29 is 4.39 Å². The van der Waals surface area contributed by atoms with Gasteiger partial charge in [-0.25, -0.2) is 14.4 Å². The Hall–Kier alpha value is -1.66. The molecule has 3 nitrogen and oxygen atoms in total. The average molecular weight is 291 g/mol. The van der Waals surface area contributed by atoms with Crippen LogP contribution in [0.25, 0.3) is 10.2 Å². The van der Waals surface area contributed by atoms with Gasteiger partial charge in [0.2, 0.25) is 0 Å². The highest BCUT2D eigenvalue weighted by atomic mass is 32.2.